The topological polar surface area (TPSA) is 85.7 Å². The van der Waals surface area contributed by atoms with Gasteiger partial charge in [0.1, 0.15) is 10.6 Å². The first-order valence-corrected chi connectivity index (χ1v) is 10.3. The smallest absolute Gasteiger partial charge is 0.244 e. The van der Waals surface area contributed by atoms with Gasteiger partial charge in [0.05, 0.1) is 26.0 Å². The molecule has 10 heteroatoms. The fraction of sp³-hybridized carbons (Fsp3) is 0.500. The van der Waals surface area contributed by atoms with Crippen LogP contribution in [0.3, 0.4) is 0 Å². The summed E-state index contributed by atoms with van der Waals surface area (Å²) in [5.41, 5.74) is 1.51. The highest BCUT2D eigenvalue weighted by atomic mass is 35.5. The first-order chi connectivity index (χ1) is 12.9. The minimum Gasteiger partial charge on any atom is -0.497 e. The van der Waals surface area contributed by atoms with Crippen molar-refractivity contribution in [1.82, 2.24) is 19.4 Å². The highest BCUT2D eigenvalue weighted by Gasteiger charge is 2.26. The summed E-state index contributed by atoms with van der Waals surface area (Å²) in [5, 5.41) is 4.13. The van der Waals surface area contributed by atoms with E-state index in [1.807, 2.05) is 24.3 Å². The molecule has 2 heterocycles. The number of sulfonamides is 1. The van der Waals surface area contributed by atoms with E-state index in [-0.39, 0.29) is 29.9 Å². The number of methoxy groups -OCH3 is 1. The number of aromatic nitrogens is 2. The molecule has 1 aromatic heterocycles. The van der Waals surface area contributed by atoms with Gasteiger partial charge in [0, 0.05) is 38.9 Å². The highest BCUT2D eigenvalue weighted by molar-refractivity contribution is 7.89. The van der Waals surface area contributed by atoms with Crippen LogP contribution in [0, 0.1) is 6.92 Å². The summed E-state index contributed by atoms with van der Waals surface area (Å²) in [4.78, 5) is 2.45. The first kappa shape index (κ1) is 22.6. The van der Waals surface area contributed by atoms with Crippen LogP contribution < -0.4 is 9.46 Å². The lowest BCUT2D eigenvalue weighted by molar-refractivity contribution is 0.0172. The first-order valence-electron chi connectivity index (χ1n) is 8.86. The van der Waals surface area contributed by atoms with Crippen molar-refractivity contribution in [2.75, 3.05) is 40.0 Å². The Morgan fingerprint density at radius 3 is 2.43 bits per heavy atom. The van der Waals surface area contributed by atoms with E-state index in [0.29, 0.717) is 18.9 Å². The third-order valence-corrected chi connectivity index (χ3v) is 6.24. The molecule has 1 unspecified atom stereocenters. The molecule has 8 nitrogen and oxygen atoms in total. The summed E-state index contributed by atoms with van der Waals surface area (Å²) in [6.07, 6.45) is 1.52. The summed E-state index contributed by atoms with van der Waals surface area (Å²) in [5.74, 6) is 0.769. The van der Waals surface area contributed by atoms with Gasteiger partial charge in [-0.1, -0.05) is 12.1 Å². The van der Waals surface area contributed by atoms with Gasteiger partial charge in [-0.2, -0.15) is 5.10 Å². The van der Waals surface area contributed by atoms with E-state index in [9.17, 15) is 8.42 Å². The molecule has 1 aliphatic heterocycles. The molecule has 0 saturated carbocycles. The van der Waals surface area contributed by atoms with Crippen LogP contribution in [0.5, 0.6) is 5.75 Å². The largest absolute Gasteiger partial charge is 0.497 e. The van der Waals surface area contributed by atoms with E-state index >= 15 is 0 Å². The molecule has 0 radical (unpaired) electrons. The van der Waals surface area contributed by atoms with E-state index in [0.717, 1.165) is 24.4 Å². The Balaban J connectivity index is 0.00000280. The van der Waals surface area contributed by atoms with Crippen LogP contribution in [0.25, 0.3) is 0 Å². The molecule has 1 N–H and O–H groups in total. The quantitative estimate of drug-likeness (QED) is 0.716. The fourth-order valence-corrected chi connectivity index (χ4v) is 4.53. The lowest BCUT2D eigenvalue weighted by Gasteiger charge is -2.35. The maximum absolute atomic E-state index is 12.8. The molecule has 0 bridgehead atoms. The van der Waals surface area contributed by atoms with Gasteiger partial charge >= 0.3 is 0 Å². The molecule has 0 amide bonds. The van der Waals surface area contributed by atoms with Crippen LogP contribution in [-0.2, 0) is 21.8 Å². The van der Waals surface area contributed by atoms with E-state index < -0.39 is 10.0 Å². The zero-order chi connectivity index (χ0) is 19.4. The predicted molar refractivity (Wildman–Crippen MR) is 109 cm³/mol. The number of benzene rings is 1. The second kappa shape index (κ2) is 9.71. The van der Waals surface area contributed by atoms with Gasteiger partial charge in [0.15, 0.2) is 0 Å². The van der Waals surface area contributed by atoms with Crippen molar-refractivity contribution in [2.24, 2.45) is 7.05 Å². The molecule has 2 aromatic rings. The molecule has 0 aliphatic carbocycles. The minimum absolute atomic E-state index is 0. The van der Waals surface area contributed by atoms with Crippen LogP contribution >= 0.6 is 12.4 Å². The molecule has 3 rings (SSSR count). The Morgan fingerprint density at radius 2 is 1.89 bits per heavy atom. The van der Waals surface area contributed by atoms with Gasteiger partial charge in [0.2, 0.25) is 10.0 Å². The third-order valence-electron chi connectivity index (χ3n) is 4.71. The number of rotatable bonds is 7. The van der Waals surface area contributed by atoms with Crippen LogP contribution in [0.2, 0.25) is 0 Å². The van der Waals surface area contributed by atoms with Crippen molar-refractivity contribution in [1.29, 1.82) is 0 Å². The van der Waals surface area contributed by atoms with Gasteiger partial charge in [-0.05, 0) is 24.6 Å². The van der Waals surface area contributed by atoms with Gasteiger partial charge in [-0.15, -0.1) is 12.4 Å². The van der Waals surface area contributed by atoms with Crippen molar-refractivity contribution >= 4 is 22.4 Å². The Kier molecular flexibility index (Phi) is 7.85. The third kappa shape index (κ3) is 5.24. The molecule has 28 heavy (non-hydrogen) atoms. The molecule has 156 valence electrons. The number of hydrogen-bond donors (Lipinski definition) is 1. The molecule has 1 atom stereocenters. The number of hydrogen-bond acceptors (Lipinski definition) is 6. The average Bonchev–Trinajstić information content (AvgIpc) is 3.02. The zero-order valence-corrected chi connectivity index (χ0v) is 17.9. The maximum atomic E-state index is 12.8. The van der Waals surface area contributed by atoms with Crippen LogP contribution in [0.1, 0.15) is 17.3 Å². The lowest BCUT2D eigenvalue weighted by Crippen LogP contribution is -2.43. The standard InChI is InChI=1S/C18H26N4O4S.ClH/c1-14-18(13-21(2)20-14)27(23,24)19-12-17(22-8-10-26-11-9-22)15-4-6-16(25-3)7-5-15;/h4-7,13,17,19H,8-12H2,1-3H3;1H. The molecule has 1 fully saturated rings. The van der Waals surface area contributed by atoms with Crippen LogP contribution in [0.4, 0.5) is 0 Å². The van der Waals surface area contributed by atoms with Gasteiger partial charge in [-0.3, -0.25) is 9.58 Å². The van der Waals surface area contributed by atoms with Gasteiger partial charge in [0.25, 0.3) is 0 Å². The zero-order valence-electron chi connectivity index (χ0n) is 16.3. The minimum atomic E-state index is -3.64. The van der Waals surface area contributed by atoms with E-state index in [1.165, 1.54) is 10.9 Å². The Morgan fingerprint density at radius 1 is 1.25 bits per heavy atom. The van der Waals surface area contributed by atoms with E-state index in [1.54, 1.807) is 21.1 Å². The van der Waals surface area contributed by atoms with E-state index in [4.69, 9.17) is 9.47 Å². The fourth-order valence-electron chi connectivity index (χ4n) is 3.28. The molecular formula is C18H27ClN4O4S. The summed E-state index contributed by atoms with van der Waals surface area (Å²) in [6, 6.07) is 7.64. The van der Waals surface area contributed by atoms with Crippen molar-refractivity contribution in [3.63, 3.8) is 0 Å². The number of morpholine rings is 1. The van der Waals surface area contributed by atoms with Gasteiger partial charge < -0.3 is 9.47 Å². The van der Waals surface area contributed by atoms with Gasteiger partial charge in [-0.25, -0.2) is 13.1 Å². The number of ether oxygens (including phenoxy) is 2. The average molecular weight is 431 g/mol. The lowest BCUT2D eigenvalue weighted by atomic mass is 10.0. The molecular weight excluding hydrogens is 404 g/mol. The molecule has 1 aromatic carbocycles. The molecule has 0 spiro atoms. The Bertz CT molecular complexity index is 864. The second-order valence-electron chi connectivity index (χ2n) is 6.54. The Hall–Kier alpha value is -1.65. The van der Waals surface area contributed by atoms with Crippen molar-refractivity contribution in [3.8, 4) is 5.75 Å². The Labute approximate surface area is 172 Å². The van der Waals surface area contributed by atoms with E-state index in [2.05, 4.69) is 14.7 Å². The van der Waals surface area contributed by atoms with Crippen molar-refractivity contribution in [2.45, 2.75) is 17.9 Å². The molecule has 1 aliphatic rings. The monoisotopic (exact) mass is 430 g/mol. The normalized spacial score (nSPS) is 16.4. The van der Waals surface area contributed by atoms with Crippen molar-refractivity contribution < 1.29 is 17.9 Å². The summed E-state index contributed by atoms with van der Waals surface area (Å²) >= 11 is 0. The number of nitrogens with one attached hydrogen (secondary N) is 1. The second-order valence-corrected chi connectivity index (χ2v) is 8.28. The summed E-state index contributed by atoms with van der Waals surface area (Å²) in [6.45, 7) is 4.75. The molecule has 1 saturated heterocycles. The number of halogens is 1. The number of aryl methyl sites for hydroxylation is 2. The summed E-state index contributed by atoms with van der Waals surface area (Å²) in [7, 11) is -0.309. The van der Waals surface area contributed by atoms with Crippen LogP contribution in [0.15, 0.2) is 35.4 Å². The maximum Gasteiger partial charge on any atom is 0.244 e. The SMILES string of the molecule is COc1ccc(C(CNS(=O)(=O)c2cn(C)nc2C)N2CCOCC2)cc1.Cl. The van der Waals surface area contributed by atoms with Crippen LogP contribution in [-0.4, -0.2) is 63.1 Å². The summed E-state index contributed by atoms with van der Waals surface area (Å²) < 4.78 is 40.5. The van der Waals surface area contributed by atoms with Crippen molar-refractivity contribution in [3.05, 3.63) is 41.7 Å². The number of nitrogens with zero attached hydrogens (tertiary/aromatic N) is 3. The predicted octanol–water partition coefficient (Wildman–Crippen LogP) is 1.51. The highest BCUT2D eigenvalue weighted by Crippen LogP contribution is 2.24.